The van der Waals surface area contributed by atoms with Crippen molar-refractivity contribution >= 4 is 0 Å². The molecule has 6 heteroatoms. The summed E-state index contributed by atoms with van der Waals surface area (Å²) < 4.78 is 18.8. The molecule has 2 aromatic rings. The van der Waals surface area contributed by atoms with E-state index in [-0.39, 0.29) is 11.9 Å². The van der Waals surface area contributed by atoms with Crippen molar-refractivity contribution in [2.75, 3.05) is 13.1 Å². The van der Waals surface area contributed by atoms with Crippen molar-refractivity contribution in [2.45, 2.75) is 31.4 Å². The lowest BCUT2D eigenvalue weighted by Gasteiger charge is -2.38. The minimum absolute atomic E-state index is 0.0273. The maximum atomic E-state index is 12.9. The molecule has 1 aromatic carbocycles. The van der Waals surface area contributed by atoms with Crippen LogP contribution in [0.3, 0.4) is 0 Å². The van der Waals surface area contributed by atoms with Crippen molar-refractivity contribution in [3.63, 3.8) is 0 Å². The molecule has 1 aliphatic carbocycles. The Labute approximate surface area is 139 Å². The van der Waals surface area contributed by atoms with Crippen LogP contribution >= 0.6 is 0 Å². The Hall–Kier alpha value is -2.52. The van der Waals surface area contributed by atoms with Crippen LogP contribution in [0.5, 0.6) is 5.88 Å². The molecule has 0 atom stereocenters. The van der Waals surface area contributed by atoms with E-state index in [0.717, 1.165) is 43.9 Å². The molecule has 2 fully saturated rings. The topological polar surface area (TPSA) is 62.0 Å². The standard InChI is InChI=1S/C18H17FN4O/c19-15-5-1-12(2-6-15)9-23-10-16(11-23)24-18-14(7-20)8-21-17(22-18)13-3-4-13/h1-2,5-6,8,13,16H,3-4,9-11H2. The summed E-state index contributed by atoms with van der Waals surface area (Å²) in [6, 6.07) is 8.63. The quantitative estimate of drug-likeness (QED) is 0.846. The summed E-state index contributed by atoms with van der Waals surface area (Å²) in [5.74, 6) is 1.40. The molecule has 4 rings (SSSR count). The Morgan fingerprint density at radius 2 is 2.00 bits per heavy atom. The predicted molar refractivity (Wildman–Crippen MR) is 84.8 cm³/mol. The summed E-state index contributed by atoms with van der Waals surface area (Å²) in [5, 5.41) is 9.19. The molecule has 2 heterocycles. The number of halogens is 1. The molecule has 1 aliphatic heterocycles. The molecule has 0 spiro atoms. The van der Waals surface area contributed by atoms with Gasteiger partial charge in [0, 0.05) is 25.6 Å². The number of likely N-dealkylation sites (tertiary alicyclic amines) is 1. The van der Waals surface area contributed by atoms with Crippen LogP contribution < -0.4 is 4.74 Å². The lowest BCUT2D eigenvalue weighted by molar-refractivity contribution is 0.0114. The predicted octanol–water partition coefficient (Wildman–Crippen LogP) is 2.63. The van der Waals surface area contributed by atoms with Gasteiger partial charge in [0.05, 0.1) is 6.20 Å². The number of benzene rings is 1. The number of hydrogen-bond acceptors (Lipinski definition) is 5. The Morgan fingerprint density at radius 3 is 2.67 bits per heavy atom. The van der Waals surface area contributed by atoms with Gasteiger partial charge in [-0.3, -0.25) is 4.90 Å². The first-order chi connectivity index (χ1) is 11.7. The van der Waals surface area contributed by atoms with Gasteiger partial charge in [0.2, 0.25) is 5.88 Å². The van der Waals surface area contributed by atoms with E-state index >= 15 is 0 Å². The lowest BCUT2D eigenvalue weighted by Crippen LogP contribution is -2.53. The van der Waals surface area contributed by atoms with Crippen LogP contribution in [0.4, 0.5) is 4.39 Å². The van der Waals surface area contributed by atoms with Gasteiger partial charge in [-0.15, -0.1) is 0 Å². The molecule has 1 saturated heterocycles. The summed E-state index contributed by atoms with van der Waals surface area (Å²) >= 11 is 0. The average Bonchev–Trinajstić information content (AvgIpc) is 3.39. The first-order valence-corrected chi connectivity index (χ1v) is 8.12. The van der Waals surface area contributed by atoms with E-state index in [1.54, 1.807) is 18.3 Å². The average molecular weight is 324 g/mol. The normalized spacial score (nSPS) is 18.0. The van der Waals surface area contributed by atoms with Gasteiger partial charge in [-0.1, -0.05) is 12.1 Å². The van der Waals surface area contributed by atoms with Crippen LogP contribution in [-0.4, -0.2) is 34.1 Å². The van der Waals surface area contributed by atoms with E-state index in [4.69, 9.17) is 4.74 Å². The molecule has 1 aromatic heterocycles. The molecule has 0 amide bonds. The summed E-state index contributed by atoms with van der Waals surface area (Å²) in [6.07, 6.45) is 3.81. The third-order valence-corrected chi connectivity index (χ3v) is 4.36. The van der Waals surface area contributed by atoms with Crippen molar-refractivity contribution in [1.29, 1.82) is 5.26 Å². The zero-order valence-corrected chi connectivity index (χ0v) is 13.2. The van der Waals surface area contributed by atoms with E-state index in [1.165, 1.54) is 12.1 Å². The second-order valence-corrected chi connectivity index (χ2v) is 6.39. The maximum absolute atomic E-state index is 12.9. The fraction of sp³-hybridized carbons (Fsp3) is 0.389. The Bertz CT molecular complexity index is 777. The van der Waals surface area contributed by atoms with Crippen molar-refractivity contribution in [2.24, 2.45) is 0 Å². The van der Waals surface area contributed by atoms with Crippen LogP contribution in [0.2, 0.25) is 0 Å². The summed E-state index contributed by atoms with van der Waals surface area (Å²) in [7, 11) is 0. The smallest absolute Gasteiger partial charge is 0.235 e. The molecular weight excluding hydrogens is 307 g/mol. The van der Waals surface area contributed by atoms with Gasteiger partial charge in [0.25, 0.3) is 0 Å². The highest BCUT2D eigenvalue weighted by atomic mass is 19.1. The molecule has 2 aliphatic rings. The Kier molecular flexibility index (Phi) is 3.87. The number of hydrogen-bond donors (Lipinski definition) is 0. The number of nitriles is 1. The van der Waals surface area contributed by atoms with E-state index in [2.05, 4.69) is 20.9 Å². The molecule has 122 valence electrons. The summed E-state index contributed by atoms with van der Waals surface area (Å²) in [5.41, 5.74) is 1.46. The van der Waals surface area contributed by atoms with E-state index in [1.807, 2.05) is 0 Å². The fourth-order valence-electron chi connectivity index (χ4n) is 2.82. The third-order valence-electron chi connectivity index (χ3n) is 4.36. The van der Waals surface area contributed by atoms with Crippen molar-refractivity contribution < 1.29 is 9.13 Å². The first-order valence-electron chi connectivity index (χ1n) is 8.12. The molecule has 5 nitrogen and oxygen atoms in total. The molecule has 24 heavy (non-hydrogen) atoms. The van der Waals surface area contributed by atoms with E-state index in [9.17, 15) is 9.65 Å². The van der Waals surface area contributed by atoms with E-state index < -0.39 is 0 Å². The highest BCUT2D eigenvalue weighted by Gasteiger charge is 2.31. The minimum atomic E-state index is -0.220. The van der Waals surface area contributed by atoms with Crippen molar-refractivity contribution in [3.8, 4) is 11.9 Å². The molecule has 0 unspecified atom stereocenters. The zero-order chi connectivity index (χ0) is 16.5. The number of aromatic nitrogens is 2. The SMILES string of the molecule is N#Cc1cnc(C2CC2)nc1OC1CN(Cc2ccc(F)cc2)C1. The van der Waals surface area contributed by atoms with Gasteiger partial charge in [-0.05, 0) is 30.5 Å². The Balaban J connectivity index is 1.35. The summed E-state index contributed by atoms with van der Waals surface area (Å²) in [4.78, 5) is 10.9. The first kappa shape index (κ1) is 15.0. The number of rotatable bonds is 5. The van der Waals surface area contributed by atoms with Gasteiger partial charge in [0.15, 0.2) is 0 Å². The second-order valence-electron chi connectivity index (χ2n) is 6.39. The number of nitrogens with zero attached hydrogens (tertiary/aromatic N) is 4. The van der Waals surface area contributed by atoms with Gasteiger partial charge >= 0.3 is 0 Å². The van der Waals surface area contributed by atoms with Crippen LogP contribution in [0.1, 0.15) is 35.7 Å². The highest BCUT2D eigenvalue weighted by molar-refractivity contribution is 5.36. The molecule has 0 radical (unpaired) electrons. The molecule has 1 saturated carbocycles. The van der Waals surface area contributed by atoms with Gasteiger partial charge in [-0.2, -0.15) is 10.2 Å². The largest absolute Gasteiger partial charge is 0.471 e. The fourth-order valence-corrected chi connectivity index (χ4v) is 2.82. The third kappa shape index (κ3) is 3.22. The molecule has 0 bridgehead atoms. The minimum Gasteiger partial charge on any atom is -0.471 e. The van der Waals surface area contributed by atoms with Gasteiger partial charge in [0.1, 0.15) is 29.4 Å². The number of ether oxygens (including phenoxy) is 1. The van der Waals surface area contributed by atoms with Crippen molar-refractivity contribution in [1.82, 2.24) is 14.9 Å². The maximum Gasteiger partial charge on any atom is 0.235 e. The second kappa shape index (κ2) is 6.17. The van der Waals surface area contributed by atoms with Gasteiger partial charge in [-0.25, -0.2) is 9.37 Å². The van der Waals surface area contributed by atoms with Crippen LogP contribution in [0.25, 0.3) is 0 Å². The lowest BCUT2D eigenvalue weighted by atomic mass is 10.1. The molecular formula is C18H17FN4O. The summed E-state index contributed by atoms with van der Waals surface area (Å²) in [6.45, 7) is 2.30. The van der Waals surface area contributed by atoms with E-state index in [0.29, 0.717) is 17.4 Å². The Morgan fingerprint density at radius 1 is 1.25 bits per heavy atom. The van der Waals surface area contributed by atoms with Crippen LogP contribution in [-0.2, 0) is 6.54 Å². The van der Waals surface area contributed by atoms with Crippen molar-refractivity contribution in [3.05, 3.63) is 53.2 Å². The molecule has 0 N–H and O–H groups in total. The monoisotopic (exact) mass is 324 g/mol. The van der Waals surface area contributed by atoms with Crippen LogP contribution in [0, 0.1) is 17.1 Å². The van der Waals surface area contributed by atoms with Gasteiger partial charge < -0.3 is 4.74 Å². The highest BCUT2D eigenvalue weighted by Crippen LogP contribution is 2.38. The van der Waals surface area contributed by atoms with Crippen LogP contribution in [0.15, 0.2) is 30.5 Å². The zero-order valence-electron chi connectivity index (χ0n) is 13.2.